The number of ketones is 2. The fourth-order valence-corrected chi connectivity index (χ4v) is 9.24. The Kier molecular flexibility index (Phi) is 7.42. The van der Waals surface area contributed by atoms with Gasteiger partial charge in [0.05, 0.1) is 13.9 Å². The van der Waals surface area contributed by atoms with Crippen molar-refractivity contribution in [2.45, 2.75) is 63.8 Å². The molecule has 10 atom stereocenters. The molecule has 0 aromatic rings. The molecular weight excluding hydrogens is 488 g/mol. The van der Waals surface area contributed by atoms with Crippen molar-refractivity contribution >= 4 is 19.4 Å². The molecule has 5 rings (SSSR count). The molecule has 0 aromatic heterocycles. The molecule has 0 aromatic carbocycles. The number of alkyl halides is 1. The van der Waals surface area contributed by atoms with Gasteiger partial charge in [-0.2, -0.15) is 0 Å². The Hall–Kier alpha value is 1.04. The van der Waals surface area contributed by atoms with Crippen molar-refractivity contribution in [3.05, 3.63) is 12.2 Å². The monoisotopic (exact) mass is 516 g/mol. The van der Waals surface area contributed by atoms with Crippen LogP contribution in [-0.2, 0) is 18.7 Å². The second-order valence-corrected chi connectivity index (χ2v) is 12.3. The number of aliphatic hydroxyl groups is 2. The molecule has 0 saturated heterocycles. The largest absolute Gasteiger partial charge is 1.00 e. The van der Waals surface area contributed by atoms with E-state index < -0.39 is 77.5 Å². The maximum absolute atomic E-state index is 17.1. The van der Waals surface area contributed by atoms with Crippen LogP contribution in [0.3, 0.4) is 0 Å². The quantitative estimate of drug-likeness (QED) is 0.278. The topological polar surface area (TPSA) is 147 Å². The Morgan fingerprint density at radius 3 is 2.50 bits per heavy atom. The van der Waals surface area contributed by atoms with Gasteiger partial charge in [-0.05, 0) is 49.5 Å². The van der Waals surface area contributed by atoms with Crippen molar-refractivity contribution in [3.63, 3.8) is 0 Å². The molecule has 3 unspecified atom stereocenters. The predicted molar refractivity (Wildman–Crippen MR) is 104 cm³/mol. The van der Waals surface area contributed by atoms with Crippen LogP contribution >= 0.6 is 7.82 Å². The van der Waals surface area contributed by atoms with Gasteiger partial charge < -0.3 is 29.1 Å². The van der Waals surface area contributed by atoms with Gasteiger partial charge in [0.1, 0.15) is 17.9 Å². The van der Waals surface area contributed by atoms with Gasteiger partial charge in [0.2, 0.25) is 0 Å². The Morgan fingerprint density at radius 2 is 1.91 bits per heavy atom. The van der Waals surface area contributed by atoms with Gasteiger partial charge in [0, 0.05) is 22.2 Å². The van der Waals surface area contributed by atoms with Crippen molar-refractivity contribution in [2.24, 2.45) is 39.9 Å². The summed E-state index contributed by atoms with van der Waals surface area (Å²) in [6, 6.07) is 0. The first kappa shape index (κ1) is 29.6. The number of phosphoric acid groups is 1. The molecular formula is C22H28FNa2O8P. The average Bonchev–Trinajstić information content (AvgIpc) is 2.98. The van der Waals surface area contributed by atoms with Crippen LogP contribution in [0.4, 0.5) is 4.39 Å². The first-order valence-electron chi connectivity index (χ1n) is 11.1. The van der Waals surface area contributed by atoms with E-state index in [0.29, 0.717) is 19.3 Å². The van der Waals surface area contributed by atoms with E-state index in [1.807, 2.05) is 0 Å². The van der Waals surface area contributed by atoms with E-state index in [4.69, 9.17) is 0 Å². The third-order valence-corrected chi connectivity index (χ3v) is 10.8. The minimum Gasteiger partial charge on any atom is -0.790 e. The zero-order valence-corrected chi connectivity index (χ0v) is 25.1. The Morgan fingerprint density at radius 1 is 1.29 bits per heavy atom. The minimum atomic E-state index is -5.42. The van der Waals surface area contributed by atoms with Gasteiger partial charge in [0.25, 0.3) is 0 Å². The number of rotatable bonds is 4. The molecule has 5 aliphatic rings. The normalized spacial score (nSPS) is 52.5. The molecule has 0 radical (unpaired) electrons. The van der Waals surface area contributed by atoms with Crippen LogP contribution < -0.4 is 68.9 Å². The van der Waals surface area contributed by atoms with E-state index in [2.05, 4.69) is 4.52 Å². The van der Waals surface area contributed by atoms with E-state index >= 15 is 4.39 Å². The van der Waals surface area contributed by atoms with Crippen molar-refractivity contribution in [3.8, 4) is 0 Å². The molecule has 12 heteroatoms. The van der Waals surface area contributed by atoms with Gasteiger partial charge in [-0.25, -0.2) is 4.39 Å². The van der Waals surface area contributed by atoms with E-state index in [0.717, 1.165) is 0 Å². The third-order valence-electron chi connectivity index (χ3n) is 10.4. The third kappa shape index (κ3) is 3.19. The molecule has 178 valence electrons. The second-order valence-electron chi connectivity index (χ2n) is 11.1. The number of phosphoric ester groups is 1. The Balaban J connectivity index is 0.00000162. The molecule has 2 N–H and O–H groups in total. The Labute approximate surface area is 242 Å². The number of hydrogen-bond acceptors (Lipinski definition) is 8. The van der Waals surface area contributed by atoms with Crippen LogP contribution in [0.25, 0.3) is 0 Å². The van der Waals surface area contributed by atoms with Gasteiger partial charge in [-0.1, -0.05) is 26.8 Å². The first-order chi connectivity index (χ1) is 14.6. The fraction of sp³-hybridized carbons (Fsp3) is 0.818. The number of allylic oxidation sites excluding steroid dienone is 2. The molecule has 4 fully saturated rings. The van der Waals surface area contributed by atoms with Gasteiger partial charge in [-0.15, -0.1) is 0 Å². The summed E-state index contributed by atoms with van der Waals surface area (Å²) in [7, 11) is -5.42. The van der Waals surface area contributed by atoms with Crippen LogP contribution in [0.5, 0.6) is 0 Å². The summed E-state index contributed by atoms with van der Waals surface area (Å²) >= 11 is 0. The zero-order chi connectivity index (χ0) is 23.7. The van der Waals surface area contributed by atoms with E-state index in [1.54, 1.807) is 26.8 Å². The Bertz CT molecular complexity index is 1010. The molecule has 8 nitrogen and oxygen atoms in total. The molecule has 5 aliphatic carbocycles. The van der Waals surface area contributed by atoms with Crippen LogP contribution in [0.1, 0.15) is 46.5 Å². The van der Waals surface area contributed by atoms with Crippen molar-refractivity contribution in [1.29, 1.82) is 0 Å². The number of halogens is 1. The van der Waals surface area contributed by atoms with Crippen molar-refractivity contribution < 1.29 is 102 Å². The van der Waals surface area contributed by atoms with Crippen molar-refractivity contribution in [1.82, 2.24) is 0 Å². The van der Waals surface area contributed by atoms with Gasteiger partial charge in [-0.3, -0.25) is 9.59 Å². The van der Waals surface area contributed by atoms with Gasteiger partial charge >= 0.3 is 59.1 Å². The van der Waals surface area contributed by atoms with E-state index in [1.165, 1.54) is 6.08 Å². The van der Waals surface area contributed by atoms with Crippen LogP contribution in [0.15, 0.2) is 12.2 Å². The summed E-state index contributed by atoms with van der Waals surface area (Å²) in [5, 5.41) is 22.8. The minimum absolute atomic E-state index is 0. The molecule has 0 aliphatic heterocycles. The number of carbonyl (C=O) groups excluding carboxylic acids is 2. The zero-order valence-electron chi connectivity index (χ0n) is 20.2. The number of hydrogen-bond donors (Lipinski definition) is 2. The second kappa shape index (κ2) is 8.52. The molecule has 1 spiro atoms. The number of Topliss-reactive ketones (excluding diaryl/α,β-unsaturated/α-hetero) is 1. The first-order valence-corrected chi connectivity index (χ1v) is 12.6. The summed E-state index contributed by atoms with van der Waals surface area (Å²) in [6.07, 6.45) is 2.86. The summed E-state index contributed by atoms with van der Waals surface area (Å²) < 4.78 is 32.1. The molecule has 0 heterocycles. The SMILES string of the molecule is C[C@H]1CC2C3CCC45C=CC(=O)[C@H]4[C@@]5(C)[C@@]3(F)[C@@H](O)C[C@]2(C)[C@@]1(O)C(=O)COP(=O)([O-])[O-].[Na+].[Na+]. The molecule has 4 saturated carbocycles. The smallest absolute Gasteiger partial charge is 0.790 e. The maximum Gasteiger partial charge on any atom is 1.00 e. The predicted octanol–water partition coefficient (Wildman–Crippen LogP) is -5.55. The summed E-state index contributed by atoms with van der Waals surface area (Å²) in [4.78, 5) is 47.2. The summed E-state index contributed by atoms with van der Waals surface area (Å²) in [5.41, 5.74) is -7.00. The average molecular weight is 516 g/mol. The van der Waals surface area contributed by atoms with Crippen LogP contribution in [0, 0.1) is 39.9 Å². The van der Waals surface area contributed by atoms with E-state index in [-0.39, 0.29) is 71.3 Å². The molecule has 0 amide bonds. The standard InChI is InChI=1S/C22H30FO8P.2Na/c1-11-8-13-12-4-6-20-7-5-14(24)17(20)19(20,3)21(12,23)15(25)9-18(13,2)22(11,27)16(26)10-31-32(28,29)30;;/h5,7,11-13,15,17,25,27H,4,6,8-10H2,1-3H3,(H2,28,29,30);;/q;2*+1/p-2/t11-,12?,13?,15-,17-,18-,19+,20?,21-,22-;;/m0../s1. The number of carbonyl (C=O) groups is 2. The summed E-state index contributed by atoms with van der Waals surface area (Å²) in [6.45, 7) is 3.89. The van der Waals surface area contributed by atoms with Gasteiger partial charge in [0.15, 0.2) is 11.6 Å². The summed E-state index contributed by atoms with van der Waals surface area (Å²) in [5.74, 6) is -3.38. The van der Waals surface area contributed by atoms with E-state index in [9.17, 15) is 34.2 Å². The van der Waals surface area contributed by atoms with Crippen LogP contribution in [-0.4, -0.2) is 45.8 Å². The van der Waals surface area contributed by atoms with Crippen LogP contribution in [0.2, 0.25) is 0 Å². The fourth-order valence-electron chi connectivity index (χ4n) is 8.96. The number of fused-ring (bicyclic) bond motifs is 5. The molecule has 0 bridgehead atoms. The number of aliphatic hydroxyl groups excluding tert-OH is 1. The maximum atomic E-state index is 17.1. The van der Waals surface area contributed by atoms with Crippen molar-refractivity contribution in [2.75, 3.05) is 6.61 Å². The molecule has 34 heavy (non-hydrogen) atoms.